The lowest BCUT2D eigenvalue weighted by atomic mass is 10.2. The lowest BCUT2D eigenvalue weighted by molar-refractivity contribution is -0.121. The quantitative estimate of drug-likeness (QED) is 0.568. The standard InChI is InChI=1S/C9H16N2O2/c10-6-2-3-7-11-9(13)5-1-4-8-12/h12H,1-5,7-8H2,(H,11,13). The number of amides is 1. The normalized spacial score (nSPS) is 9.23. The van der Waals surface area contributed by atoms with E-state index >= 15 is 0 Å². The number of carbonyl (C=O) groups excluding carboxylic acids is 1. The predicted molar refractivity (Wildman–Crippen MR) is 48.8 cm³/mol. The van der Waals surface area contributed by atoms with Gasteiger partial charge in [-0.15, -0.1) is 0 Å². The van der Waals surface area contributed by atoms with Gasteiger partial charge in [-0.05, 0) is 19.3 Å². The minimum Gasteiger partial charge on any atom is -0.396 e. The lowest BCUT2D eigenvalue weighted by Gasteiger charge is -2.02. The SMILES string of the molecule is N#CCCCNC(=O)CCCCO. The molecule has 0 atom stereocenters. The fourth-order valence-corrected chi connectivity index (χ4v) is 0.881. The zero-order valence-electron chi connectivity index (χ0n) is 7.75. The molecule has 0 spiro atoms. The highest BCUT2D eigenvalue weighted by atomic mass is 16.2. The van der Waals surface area contributed by atoms with Gasteiger partial charge in [0.25, 0.3) is 0 Å². The average molecular weight is 184 g/mol. The van der Waals surface area contributed by atoms with Crippen LogP contribution < -0.4 is 5.32 Å². The summed E-state index contributed by atoms with van der Waals surface area (Å²) in [5, 5.41) is 19.4. The minimum absolute atomic E-state index is 0.00592. The van der Waals surface area contributed by atoms with Crippen LogP contribution in [0, 0.1) is 11.3 Å². The highest BCUT2D eigenvalue weighted by molar-refractivity contribution is 5.75. The smallest absolute Gasteiger partial charge is 0.219 e. The summed E-state index contributed by atoms with van der Waals surface area (Å²) < 4.78 is 0. The molecule has 4 heteroatoms. The van der Waals surface area contributed by atoms with Gasteiger partial charge in [0.05, 0.1) is 6.07 Å². The molecule has 0 aromatic heterocycles. The second-order valence-electron chi connectivity index (χ2n) is 2.79. The summed E-state index contributed by atoms with van der Waals surface area (Å²) in [6.07, 6.45) is 3.05. The van der Waals surface area contributed by atoms with Crippen molar-refractivity contribution in [2.75, 3.05) is 13.2 Å². The van der Waals surface area contributed by atoms with E-state index < -0.39 is 0 Å². The molecule has 0 unspecified atom stereocenters. The van der Waals surface area contributed by atoms with Gasteiger partial charge in [0.1, 0.15) is 0 Å². The maximum atomic E-state index is 11.0. The molecule has 1 amide bonds. The van der Waals surface area contributed by atoms with E-state index in [-0.39, 0.29) is 12.5 Å². The van der Waals surface area contributed by atoms with Crippen LogP contribution in [0.15, 0.2) is 0 Å². The van der Waals surface area contributed by atoms with Crippen LogP contribution in [0.4, 0.5) is 0 Å². The maximum Gasteiger partial charge on any atom is 0.219 e. The number of carbonyl (C=O) groups is 1. The molecule has 0 fully saturated rings. The van der Waals surface area contributed by atoms with E-state index in [1.54, 1.807) is 0 Å². The van der Waals surface area contributed by atoms with Crippen LogP contribution >= 0.6 is 0 Å². The van der Waals surface area contributed by atoms with Gasteiger partial charge >= 0.3 is 0 Å². The molecule has 0 aliphatic heterocycles. The number of hydrogen-bond donors (Lipinski definition) is 2. The third-order valence-electron chi connectivity index (χ3n) is 1.60. The molecular weight excluding hydrogens is 168 g/mol. The summed E-state index contributed by atoms with van der Waals surface area (Å²) >= 11 is 0. The van der Waals surface area contributed by atoms with Crippen molar-refractivity contribution < 1.29 is 9.90 Å². The van der Waals surface area contributed by atoms with E-state index in [0.29, 0.717) is 32.2 Å². The third-order valence-corrected chi connectivity index (χ3v) is 1.60. The van der Waals surface area contributed by atoms with Crippen molar-refractivity contribution in [1.82, 2.24) is 5.32 Å². The average Bonchev–Trinajstić information content (AvgIpc) is 2.13. The summed E-state index contributed by atoms with van der Waals surface area (Å²) in [5.74, 6) is 0.00592. The van der Waals surface area contributed by atoms with Crippen LogP contribution in [0.2, 0.25) is 0 Å². The molecule has 0 aromatic rings. The van der Waals surface area contributed by atoms with Gasteiger partial charge < -0.3 is 10.4 Å². The maximum absolute atomic E-state index is 11.0. The first-order valence-electron chi connectivity index (χ1n) is 4.55. The largest absolute Gasteiger partial charge is 0.396 e. The Kier molecular flexibility index (Phi) is 8.26. The molecule has 0 aromatic carbocycles. The summed E-state index contributed by atoms with van der Waals surface area (Å²) in [5.41, 5.74) is 0. The molecular formula is C9H16N2O2. The van der Waals surface area contributed by atoms with E-state index in [4.69, 9.17) is 10.4 Å². The Morgan fingerprint density at radius 3 is 2.77 bits per heavy atom. The summed E-state index contributed by atoms with van der Waals surface area (Å²) in [6, 6.07) is 2.01. The van der Waals surface area contributed by atoms with E-state index in [2.05, 4.69) is 5.32 Å². The van der Waals surface area contributed by atoms with Gasteiger partial charge in [-0.2, -0.15) is 5.26 Å². The zero-order valence-corrected chi connectivity index (χ0v) is 7.75. The Labute approximate surface area is 78.6 Å². The number of nitrogens with one attached hydrogen (secondary N) is 1. The topological polar surface area (TPSA) is 73.1 Å². The Balaban J connectivity index is 3.16. The van der Waals surface area contributed by atoms with E-state index in [1.165, 1.54) is 0 Å². The molecule has 2 N–H and O–H groups in total. The molecule has 0 saturated heterocycles. The predicted octanol–water partition coefficient (Wildman–Crippen LogP) is 0.569. The second kappa shape index (κ2) is 9.01. The lowest BCUT2D eigenvalue weighted by Crippen LogP contribution is -2.23. The molecule has 13 heavy (non-hydrogen) atoms. The van der Waals surface area contributed by atoms with Crippen LogP contribution in [0.25, 0.3) is 0 Å². The molecule has 0 aliphatic carbocycles. The van der Waals surface area contributed by atoms with Crippen molar-refractivity contribution in [2.45, 2.75) is 32.1 Å². The van der Waals surface area contributed by atoms with Gasteiger partial charge in [0, 0.05) is 26.0 Å². The first kappa shape index (κ1) is 11.9. The van der Waals surface area contributed by atoms with Crippen molar-refractivity contribution in [2.24, 2.45) is 0 Å². The highest BCUT2D eigenvalue weighted by Gasteiger charge is 1.98. The summed E-state index contributed by atoms with van der Waals surface area (Å²) in [6.45, 7) is 0.716. The number of nitrogens with zero attached hydrogens (tertiary/aromatic N) is 1. The monoisotopic (exact) mass is 184 g/mol. The number of aliphatic hydroxyl groups excluding tert-OH is 1. The van der Waals surface area contributed by atoms with Crippen molar-refractivity contribution in [1.29, 1.82) is 5.26 Å². The van der Waals surface area contributed by atoms with Gasteiger partial charge in [-0.3, -0.25) is 4.79 Å². The molecule has 74 valence electrons. The van der Waals surface area contributed by atoms with Gasteiger partial charge in [0.2, 0.25) is 5.91 Å². The molecule has 0 radical (unpaired) electrons. The van der Waals surface area contributed by atoms with Crippen molar-refractivity contribution in [3.63, 3.8) is 0 Å². The van der Waals surface area contributed by atoms with Crippen molar-refractivity contribution >= 4 is 5.91 Å². The number of nitriles is 1. The highest BCUT2D eigenvalue weighted by Crippen LogP contribution is 1.93. The van der Waals surface area contributed by atoms with Crippen molar-refractivity contribution in [3.05, 3.63) is 0 Å². The van der Waals surface area contributed by atoms with E-state index in [0.717, 1.165) is 6.42 Å². The Hall–Kier alpha value is -1.08. The fraction of sp³-hybridized carbons (Fsp3) is 0.778. The number of hydrogen-bond acceptors (Lipinski definition) is 3. The molecule has 0 rings (SSSR count). The molecule has 0 aliphatic rings. The Morgan fingerprint density at radius 2 is 2.15 bits per heavy atom. The first-order valence-corrected chi connectivity index (χ1v) is 4.55. The third kappa shape index (κ3) is 8.83. The Bertz CT molecular complexity index is 175. The first-order chi connectivity index (χ1) is 6.31. The van der Waals surface area contributed by atoms with Crippen LogP contribution in [-0.4, -0.2) is 24.2 Å². The molecule has 0 saturated carbocycles. The fourth-order valence-electron chi connectivity index (χ4n) is 0.881. The number of unbranched alkanes of at least 4 members (excludes halogenated alkanes) is 2. The van der Waals surface area contributed by atoms with Crippen LogP contribution in [-0.2, 0) is 4.79 Å². The van der Waals surface area contributed by atoms with Crippen LogP contribution in [0.1, 0.15) is 32.1 Å². The zero-order chi connectivity index (χ0) is 9.94. The van der Waals surface area contributed by atoms with Gasteiger partial charge in [0.15, 0.2) is 0 Å². The van der Waals surface area contributed by atoms with Gasteiger partial charge in [-0.1, -0.05) is 0 Å². The minimum atomic E-state index is 0.00592. The Morgan fingerprint density at radius 1 is 1.38 bits per heavy atom. The number of aliphatic hydroxyl groups is 1. The van der Waals surface area contributed by atoms with E-state index in [1.807, 2.05) is 6.07 Å². The second-order valence-corrected chi connectivity index (χ2v) is 2.79. The van der Waals surface area contributed by atoms with Crippen molar-refractivity contribution in [3.8, 4) is 6.07 Å². The number of rotatable bonds is 7. The van der Waals surface area contributed by atoms with Gasteiger partial charge in [-0.25, -0.2) is 0 Å². The molecule has 0 bridgehead atoms. The molecule has 4 nitrogen and oxygen atoms in total. The summed E-state index contributed by atoms with van der Waals surface area (Å²) in [7, 11) is 0. The van der Waals surface area contributed by atoms with E-state index in [9.17, 15) is 4.79 Å². The summed E-state index contributed by atoms with van der Waals surface area (Å²) in [4.78, 5) is 11.0. The molecule has 0 heterocycles. The van der Waals surface area contributed by atoms with Crippen LogP contribution in [0.5, 0.6) is 0 Å². The van der Waals surface area contributed by atoms with Crippen LogP contribution in [0.3, 0.4) is 0 Å².